The predicted molar refractivity (Wildman–Crippen MR) is 197 cm³/mol. The van der Waals surface area contributed by atoms with E-state index in [4.69, 9.17) is 0 Å². The minimum atomic E-state index is 0.334. The Morgan fingerprint density at radius 1 is 0.587 bits per heavy atom. The average molecular weight is 596 g/mol. The van der Waals surface area contributed by atoms with Crippen molar-refractivity contribution in [3.8, 4) is 11.1 Å². The summed E-state index contributed by atoms with van der Waals surface area (Å²) in [7, 11) is 0. The molecule has 3 aliphatic rings. The van der Waals surface area contributed by atoms with E-state index in [2.05, 4.69) is 155 Å². The number of aryl methyl sites for hydroxylation is 1. The summed E-state index contributed by atoms with van der Waals surface area (Å²) in [6.07, 6.45) is 3.77. The Morgan fingerprint density at radius 3 is 1.96 bits per heavy atom. The largest absolute Gasteiger partial charge is 0.332 e. The van der Waals surface area contributed by atoms with Crippen molar-refractivity contribution in [2.24, 2.45) is 0 Å². The number of hydrogen-bond donors (Lipinski definition) is 0. The first-order valence-corrected chi connectivity index (χ1v) is 17.2. The van der Waals surface area contributed by atoms with Crippen LogP contribution >= 0.6 is 0 Å². The maximum absolute atomic E-state index is 2.71. The molecule has 9 rings (SSSR count). The molecule has 2 aliphatic heterocycles. The summed E-state index contributed by atoms with van der Waals surface area (Å²) in [5.74, 6) is 1.79. The highest BCUT2D eigenvalue weighted by atomic mass is 15.2. The number of allylic oxidation sites excluding steroid dienone is 1. The van der Waals surface area contributed by atoms with Gasteiger partial charge in [0, 0.05) is 28.8 Å². The van der Waals surface area contributed by atoms with Crippen molar-refractivity contribution in [1.29, 1.82) is 0 Å². The van der Waals surface area contributed by atoms with Crippen molar-refractivity contribution in [2.75, 3.05) is 4.90 Å². The highest BCUT2D eigenvalue weighted by Crippen LogP contribution is 2.62. The molecule has 2 heterocycles. The number of nitrogens with zero attached hydrogens (tertiary/aromatic N) is 1. The third-order valence-corrected chi connectivity index (χ3v) is 11.1. The monoisotopic (exact) mass is 595 g/mol. The SMILES string of the molecule is Cc1ccc(-c2ccccc2)c(C2C=C3c4cc5cc(C(C)C)ccc5cc4N4c5cc6ccc(C(C)C)cc6cc5C(C2)C34)c1. The average Bonchev–Trinajstić information content (AvgIpc) is 3.56. The molecule has 0 radical (unpaired) electrons. The Hall–Kier alpha value is -4.62. The summed E-state index contributed by atoms with van der Waals surface area (Å²) in [4.78, 5) is 2.71. The summed E-state index contributed by atoms with van der Waals surface area (Å²) < 4.78 is 0. The highest BCUT2D eigenvalue weighted by molar-refractivity contribution is 6.04. The zero-order valence-corrected chi connectivity index (χ0v) is 27.5. The van der Waals surface area contributed by atoms with Crippen LogP contribution in [0.5, 0.6) is 0 Å². The van der Waals surface area contributed by atoms with Crippen molar-refractivity contribution in [2.45, 2.75) is 70.8 Å². The lowest BCUT2D eigenvalue weighted by molar-refractivity contribution is 0.552. The van der Waals surface area contributed by atoms with Crippen molar-refractivity contribution < 1.29 is 0 Å². The number of fused-ring (bicyclic) bond motifs is 8. The lowest BCUT2D eigenvalue weighted by Crippen LogP contribution is -2.29. The van der Waals surface area contributed by atoms with Gasteiger partial charge in [0.15, 0.2) is 0 Å². The quantitative estimate of drug-likeness (QED) is 0.196. The molecule has 0 fully saturated rings. The molecule has 46 heavy (non-hydrogen) atoms. The van der Waals surface area contributed by atoms with E-state index >= 15 is 0 Å². The van der Waals surface area contributed by atoms with Gasteiger partial charge >= 0.3 is 0 Å². The van der Waals surface area contributed by atoms with Crippen LogP contribution in [0, 0.1) is 6.92 Å². The normalized spacial score (nSPS) is 19.6. The first kappa shape index (κ1) is 27.7. The molecular weight excluding hydrogens is 555 g/mol. The Morgan fingerprint density at radius 2 is 1.26 bits per heavy atom. The maximum Gasteiger partial charge on any atom is 0.0665 e. The molecule has 0 N–H and O–H groups in total. The van der Waals surface area contributed by atoms with Crippen molar-refractivity contribution in [3.63, 3.8) is 0 Å². The van der Waals surface area contributed by atoms with Gasteiger partial charge in [0.05, 0.1) is 6.04 Å². The molecule has 0 bridgehead atoms. The zero-order valence-electron chi connectivity index (χ0n) is 27.5. The van der Waals surface area contributed by atoms with Gasteiger partial charge < -0.3 is 4.90 Å². The van der Waals surface area contributed by atoms with Crippen LogP contribution < -0.4 is 4.90 Å². The summed E-state index contributed by atoms with van der Waals surface area (Å²) in [6, 6.07) is 42.6. The Balaban J connectivity index is 1.29. The molecule has 0 spiro atoms. The molecule has 3 atom stereocenters. The predicted octanol–water partition coefficient (Wildman–Crippen LogP) is 12.4. The van der Waals surface area contributed by atoms with Gasteiger partial charge in [-0.05, 0) is 110 Å². The fourth-order valence-corrected chi connectivity index (χ4v) is 8.66. The molecule has 6 aromatic carbocycles. The van der Waals surface area contributed by atoms with Gasteiger partial charge in [0.25, 0.3) is 0 Å². The van der Waals surface area contributed by atoms with Crippen LogP contribution in [0.3, 0.4) is 0 Å². The summed E-state index contributed by atoms with van der Waals surface area (Å²) in [5.41, 5.74) is 15.5. The summed E-state index contributed by atoms with van der Waals surface area (Å²) in [6.45, 7) is 11.4. The van der Waals surface area contributed by atoms with E-state index < -0.39 is 0 Å². The van der Waals surface area contributed by atoms with Crippen LogP contribution in [-0.4, -0.2) is 6.04 Å². The van der Waals surface area contributed by atoms with E-state index in [1.54, 1.807) is 0 Å². The van der Waals surface area contributed by atoms with Crippen LogP contribution in [0.25, 0.3) is 38.2 Å². The van der Waals surface area contributed by atoms with E-state index in [0.717, 1.165) is 6.42 Å². The van der Waals surface area contributed by atoms with Gasteiger partial charge in [-0.1, -0.05) is 124 Å². The summed E-state index contributed by atoms with van der Waals surface area (Å²) in [5, 5.41) is 5.39. The number of anilines is 2. The third kappa shape index (κ3) is 4.14. The van der Waals surface area contributed by atoms with Gasteiger partial charge in [0.1, 0.15) is 0 Å². The minimum Gasteiger partial charge on any atom is -0.332 e. The van der Waals surface area contributed by atoms with Gasteiger partial charge in [-0.15, -0.1) is 0 Å². The van der Waals surface area contributed by atoms with E-state index in [-0.39, 0.29) is 0 Å². The van der Waals surface area contributed by atoms with Crippen molar-refractivity contribution in [3.05, 3.63) is 149 Å². The molecule has 6 aromatic rings. The lowest BCUT2D eigenvalue weighted by atomic mass is 9.72. The molecule has 226 valence electrons. The Labute approximate surface area is 273 Å². The topological polar surface area (TPSA) is 3.24 Å². The number of rotatable bonds is 4. The summed E-state index contributed by atoms with van der Waals surface area (Å²) >= 11 is 0. The van der Waals surface area contributed by atoms with E-state index in [1.165, 1.54) is 83.0 Å². The van der Waals surface area contributed by atoms with Gasteiger partial charge in [-0.2, -0.15) is 0 Å². The van der Waals surface area contributed by atoms with Crippen molar-refractivity contribution in [1.82, 2.24) is 0 Å². The van der Waals surface area contributed by atoms with Crippen LogP contribution in [0.15, 0.2) is 115 Å². The Kier molecular flexibility index (Phi) is 6.13. The zero-order chi connectivity index (χ0) is 31.3. The first-order valence-electron chi connectivity index (χ1n) is 17.2. The molecule has 3 unspecified atom stereocenters. The van der Waals surface area contributed by atoms with Crippen LogP contribution in [0.2, 0.25) is 0 Å². The van der Waals surface area contributed by atoms with Gasteiger partial charge in [-0.3, -0.25) is 0 Å². The van der Waals surface area contributed by atoms with E-state index in [1.807, 2.05) is 0 Å². The van der Waals surface area contributed by atoms with Crippen LogP contribution in [-0.2, 0) is 0 Å². The van der Waals surface area contributed by atoms with Crippen molar-refractivity contribution >= 4 is 38.5 Å². The number of hydrogen-bond acceptors (Lipinski definition) is 1. The fraction of sp³-hybridized carbons (Fsp3) is 0.244. The highest BCUT2D eigenvalue weighted by Gasteiger charge is 2.50. The molecule has 0 saturated carbocycles. The molecule has 0 saturated heterocycles. The third-order valence-electron chi connectivity index (χ3n) is 11.1. The Bertz CT molecular complexity index is 2220. The van der Waals surface area contributed by atoms with Crippen LogP contribution in [0.4, 0.5) is 11.4 Å². The first-order chi connectivity index (χ1) is 22.3. The molecule has 1 nitrogen and oxygen atoms in total. The van der Waals surface area contributed by atoms with E-state index in [0.29, 0.717) is 29.7 Å². The smallest absolute Gasteiger partial charge is 0.0665 e. The van der Waals surface area contributed by atoms with E-state index in [9.17, 15) is 0 Å². The molecule has 1 heteroatoms. The van der Waals surface area contributed by atoms with Crippen LogP contribution in [0.1, 0.15) is 91.2 Å². The maximum atomic E-state index is 2.71. The standard InChI is InChI=1S/C45H41N/c1-26(2)30-12-14-32-24-43-39(20-34(32)18-30)41-22-36(38-17-28(5)11-16-37(38)29-9-7-6-8-10-29)23-42-40-21-35-19-31(27(3)4)13-15-33(35)25-44(40)46(43)45(41)42/h6-22,24-27,36,42,45H,23H2,1-5H3. The molecular formula is C45H41N. The number of benzene rings is 6. The fourth-order valence-electron chi connectivity index (χ4n) is 8.66. The molecule has 0 aromatic heterocycles. The molecule has 1 aliphatic carbocycles. The second kappa shape index (κ2) is 10.2. The van der Waals surface area contributed by atoms with Gasteiger partial charge in [0.2, 0.25) is 0 Å². The van der Waals surface area contributed by atoms with Gasteiger partial charge in [-0.25, -0.2) is 0 Å². The molecule has 0 amide bonds. The second-order valence-electron chi connectivity index (χ2n) is 14.6. The second-order valence-corrected chi connectivity index (χ2v) is 14.6. The lowest BCUT2D eigenvalue weighted by Gasteiger charge is -2.33. The minimum absolute atomic E-state index is 0.334.